The van der Waals surface area contributed by atoms with E-state index >= 15 is 0 Å². The van der Waals surface area contributed by atoms with Gasteiger partial charge >= 0.3 is 0 Å². The fourth-order valence-corrected chi connectivity index (χ4v) is 3.93. The zero-order valence-electron chi connectivity index (χ0n) is 12.9. The summed E-state index contributed by atoms with van der Waals surface area (Å²) >= 11 is 0. The van der Waals surface area contributed by atoms with Gasteiger partial charge in [0, 0.05) is 20.3 Å². The van der Waals surface area contributed by atoms with Gasteiger partial charge in [0.2, 0.25) is 10.0 Å². The van der Waals surface area contributed by atoms with Crippen LogP contribution in [0.5, 0.6) is 5.75 Å². The van der Waals surface area contributed by atoms with Gasteiger partial charge < -0.3 is 14.2 Å². The summed E-state index contributed by atoms with van der Waals surface area (Å²) in [4.78, 5) is 0. The summed E-state index contributed by atoms with van der Waals surface area (Å²) < 4.78 is 42.8. The quantitative estimate of drug-likeness (QED) is 0.728. The SMILES string of the molecule is COCCOc1ccc(CNS(=O)(=O)[C@H]2CCO[C@H]2C)cc1. The zero-order valence-corrected chi connectivity index (χ0v) is 13.8. The van der Waals surface area contributed by atoms with Crippen molar-refractivity contribution in [1.29, 1.82) is 0 Å². The molecule has 0 aromatic heterocycles. The van der Waals surface area contributed by atoms with E-state index in [1.807, 2.05) is 24.3 Å². The van der Waals surface area contributed by atoms with Crippen molar-refractivity contribution in [1.82, 2.24) is 4.72 Å². The maximum Gasteiger partial charge on any atom is 0.217 e. The van der Waals surface area contributed by atoms with Crippen molar-refractivity contribution in [2.75, 3.05) is 26.9 Å². The molecule has 7 heteroatoms. The Morgan fingerprint density at radius 1 is 1.27 bits per heavy atom. The summed E-state index contributed by atoms with van der Waals surface area (Å²) in [6, 6.07) is 7.33. The summed E-state index contributed by atoms with van der Waals surface area (Å²) in [5.41, 5.74) is 0.884. The van der Waals surface area contributed by atoms with Crippen molar-refractivity contribution in [3.8, 4) is 5.75 Å². The predicted molar refractivity (Wildman–Crippen MR) is 83.4 cm³/mol. The Kier molecular flexibility index (Phi) is 6.19. The molecule has 0 unspecified atom stereocenters. The third kappa shape index (κ3) is 4.67. The molecule has 0 spiro atoms. The van der Waals surface area contributed by atoms with E-state index in [2.05, 4.69) is 4.72 Å². The van der Waals surface area contributed by atoms with Crippen LogP contribution in [0.3, 0.4) is 0 Å². The van der Waals surface area contributed by atoms with E-state index in [1.54, 1.807) is 14.0 Å². The highest BCUT2D eigenvalue weighted by molar-refractivity contribution is 7.90. The van der Waals surface area contributed by atoms with Gasteiger partial charge in [0.15, 0.2) is 0 Å². The maximum absolute atomic E-state index is 12.2. The highest BCUT2D eigenvalue weighted by Crippen LogP contribution is 2.20. The summed E-state index contributed by atoms with van der Waals surface area (Å²) in [5.74, 6) is 0.737. The molecule has 0 amide bonds. The molecule has 1 N–H and O–H groups in total. The molecule has 1 fully saturated rings. The molecule has 0 radical (unpaired) electrons. The van der Waals surface area contributed by atoms with Gasteiger partial charge in [-0.05, 0) is 31.0 Å². The molecule has 124 valence electrons. The van der Waals surface area contributed by atoms with E-state index in [0.717, 1.165) is 11.3 Å². The van der Waals surface area contributed by atoms with E-state index in [0.29, 0.717) is 26.2 Å². The monoisotopic (exact) mass is 329 g/mol. The summed E-state index contributed by atoms with van der Waals surface area (Å²) in [5, 5.41) is -0.468. The summed E-state index contributed by atoms with van der Waals surface area (Å²) in [6.45, 7) is 3.58. The molecule has 2 atom stereocenters. The Bertz CT molecular complexity index is 558. The average molecular weight is 329 g/mol. The highest BCUT2D eigenvalue weighted by atomic mass is 32.2. The van der Waals surface area contributed by atoms with Gasteiger partial charge in [-0.2, -0.15) is 0 Å². The lowest BCUT2D eigenvalue weighted by atomic mass is 10.2. The molecule has 22 heavy (non-hydrogen) atoms. The fourth-order valence-electron chi connectivity index (χ4n) is 2.36. The van der Waals surface area contributed by atoms with Gasteiger partial charge in [0.1, 0.15) is 17.6 Å². The van der Waals surface area contributed by atoms with Crippen LogP contribution in [-0.4, -0.2) is 46.7 Å². The Labute approximate surface area is 131 Å². The topological polar surface area (TPSA) is 73.9 Å². The van der Waals surface area contributed by atoms with Gasteiger partial charge in [0.05, 0.1) is 12.7 Å². The maximum atomic E-state index is 12.2. The Morgan fingerprint density at radius 3 is 2.59 bits per heavy atom. The Hall–Kier alpha value is -1.15. The fraction of sp³-hybridized carbons (Fsp3) is 0.600. The molecule has 1 heterocycles. The second-order valence-corrected chi connectivity index (χ2v) is 7.24. The third-order valence-corrected chi connectivity index (χ3v) is 5.63. The van der Waals surface area contributed by atoms with E-state index in [4.69, 9.17) is 14.2 Å². The third-order valence-electron chi connectivity index (χ3n) is 3.66. The van der Waals surface area contributed by atoms with Crippen LogP contribution >= 0.6 is 0 Å². The number of hydrogen-bond acceptors (Lipinski definition) is 5. The molecule has 1 aromatic rings. The lowest BCUT2D eigenvalue weighted by molar-refractivity contribution is 0.126. The van der Waals surface area contributed by atoms with Crippen molar-refractivity contribution in [3.05, 3.63) is 29.8 Å². The zero-order chi connectivity index (χ0) is 16.0. The van der Waals surface area contributed by atoms with Gasteiger partial charge in [-0.25, -0.2) is 13.1 Å². The Morgan fingerprint density at radius 2 is 2.00 bits per heavy atom. The molecular weight excluding hydrogens is 306 g/mol. The molecule has 6 nitrogen and oxygen atoms in total. The molecular formula is C15H23NO5S. The second kappa shape index (κ2) is 7.92. The number of nitrogens with one attached hydrogen (secondary N) is 1. The van der Waals surface area contributed by atoms with Crippen molar-refractivity contribution in [3.63, 3.8) is 0 Å². The van der Waals surface area contributed by atoms with Crippen LogP contribution in [0.1, 0.15) is 18.9 Å². The molecule has 0 bridgehead atoms. The van der Waals surface area contributed by atoms with Crippen LogP contribution in [0, 0.1) is 0 Å². The van der Waals surface area contributed by atoms with Crippen LogP contribution in [0.15, 0.2) is 24.3 Å². The van der Waals surface area contributed by atoms with Crippen LogP contribution in [0.25, 0.3) is 0 Å². The largest absolute Gasteiger partial charge is 0.491 e. The first-order valence-corrected chi connectivity index (χ1v) is 8.88. The predicted octanol–water partition coefficient (Wildman–Crippen LogP) is 1.31. The van der Waals surface area contributed by atoms with Crippen molar-refractivity contribution in [2.24, 2.45) is 0 Å². The molecule has 1 aliphatic rings. The first kappa shape index (κ1) is 17.2. The minimum atomic E-state index is -3.36. The Balaban J connectivity index is 1.86. The second-order valence-electron chi connectivity index (χ2n) is 5.25. The van der Waals surface area contributed by atoms with E-state index in [1.165, 1.54) is 0 Å². The van der Waals surface area contributed by atoms with Crippen LogP contribution < -0.4 is 9.46 Å². The first-order chi connectivity index (χ1) is 10.5. The van der Waals surface area contributed by atoms with Gasteiger partial charge in [-0.15, -0.1) is 0 Å². The number of hydrogen-bond donors (Lipinski definition) is 1. The first-order valence-electron chi connectivity index (χ1n) is 7.33. The van der Waals surface area contributed by atoms with Gasteiger partial charge in [-0.1, -0.05) is 12.1 Å². The molecule has 0 saturated carbocycles. The molecule has 0 aliphatic carbocycles. The number of ether oxygens (including phenoxy) is 3. The summed E-state index contributed by atoms with van der Waals surface area (Å²) in [7, 11) is -1.74. The lowest BCUT2D eigenvalue weighted by Crippen LogP contribution is -2.37. The number of rotatable bonds is 8. The molecule has 1 aliphatic heterocycles. The minimum Gasteiger partial charge on any atom is -0.491 e. The standard InChI is InChI=1S/C15H23NO5S/c1-12-15(7-8-20-12)22(17,18)16-11-13-3-5-14(6-4-13)21-10-9-19-2/h3-6,12,15-16H,7-11H2,1-2H3/t12-,15-/m0/s1. The number of methoxy groups -OCH3 is 1. The van der Waals surface area contributed by atoms with Crippen molar-refractivity contribution in [2.45, 2.75) is 31.2 Å². The van der Waals surface area contributed by atoms with E-state index in [9.17, 15) is 8.42 Å². The van der Waals surface area contributed by atoms with E-state index in [-0.39, 0.29) is 12.6 Å². The minimum absolute atomic E-state index is 0.255. The number of benzene rings is 1. The average Bonchev–Trinajstić information content (AvgIpc) is 2.94. The number of sulfonamides is 1. The molecule has 1 saturated heterocycles. The highest BCUT2D eigenvalue weighted by Gasteiger charge is 2.35. The van der Waals surface area contributed by atoms with Crippen LogP contribution in [0.4, 0.5) is 0 Å². The van der Waals surface area contributed by atoms with E-state index < -0.39 is 15.3 Å². The van der Waals surface area contributed by atoms with Crippen molar-refractivity contribution < 1.29 is 22.6 Å². The van der Waals surface area contributed by atoms with Crippen LogP contribution in [0.2, 0.25) is 0 Å². The van der Waals surface area contributed by atoms with Crippen molar-refractivity contribution >= 4 is 10.0 Å². The van der Waals surface area contributed by atoms with Crippen LogP contribution in [-0.2, 0) is 26.0 Å². The molecule has 2 rings (SSSR count). The van der Waals surface area contributed by atoms with Gasteiger partial charge in [0.25, 0.3) is 0 Å². The summed E-state index contributed by atoms with van der Waals surface area (Å²) in [6.07, 6.45) is 0.289. The van der Waals surface area contributed by atoms with Gasteiger partial charge in [-0.3, -0.25) is 0 Å². The lowest BCUT2D eigenvalue weighted by Gasteiger charge is -2.16. The smallest absolute Gasteiger partial charge is 0.217 e. The molecule has 1 aromatic carbocycles. The normalized spacial score (nSPS) is 21.9.